The van der Waals surface area contributed by atoms with Crippen molar-refractivity contribution in [1.29, 1.82) is 0 Å². The molecule has 1 aliphatic heterocycles. The van der Waals surface area contributed by atoms with E-state index in [9.17, 15) is 9.90 Å². The van der Waals surface area contributed by atoms with Crippen LogP contribution < -0.4 is 5.32 Å². The molecule has 2 atom stereocenters. The second kappa shape index (κ2) is 8.16. The van der Waals surface area contributed by atoms with Crippen molar-refractivity contribution in [2.24, 2.45) is 0 Å². The van der Waals surface area contributed by atoms with E-state index >= 15 is 0 Å². The van der Waals surface area contributed by atoms with Crippen LogP contribution in [0.2, 0.25) is 0 Å². The number of rotatable bonds is 5. The molecule has 3 rings (SSSR count). The molecule has 0 saturated carbocycles. The van der Waals surface area contributed by atoms with Crippen LogP contribution in [0.1, 0.15) is 44.5 Å². The molecule has 2 amide bonds. The van der Waals surface area contributed by atoms with Gasteiger partial charge < -0.3 is 19.7 Å². The maximum Gasteiger partial charge on any atom is 0.318 e. The second-order valence-corrected chi connectivity index (χ2v) is 6.46. The SMILES string of the molecule is CC(NC(=O)N1CCCCC1CCO)c1ncc(-c2ccccc2)o1. The Bertz CT molecular complexity index is 684. The number of aliphatic hydroxyl groups excluding tert-OH is 1. The van der Waals surface area contributed by atoms with E-state index in [2.05, 4.69) is 10.3 Å². The van der Waals surface area contributed by atoms with Crippen LogP contribution in [0.4, 0.5) is 4.79 Å². The fraction of sp³-hybridized carbons (Fsp3) is 0.474. The Kier molecular flexibility index (Phi) is 5.71. The van der Waals surface area contributed by atoms with Crippen LogP contribution in [0.25, 0.3) is 11.3 Å². The third-order valence-electron chi connectivity index (χ3n) is 4.64. The summed E-state index contributed by atoms with van der Waals surface area (Å²) < 4.78 is 5.81. The summed E-state index contributed by atoms with van der Waals surface area (Å²) in [6, 6.07) is 9.43. The van der Waals surface area contributed by atoms with E-state index in [4.69, 9.17) is 4.42 Å². The van der Waals surface area contributed by atoms with E-state index in [1.807, 2.05) is 42.2 Å². The molecule has 2 N–H and O–H groups in total. The highest BCUT2D eigenvalue weighted by atomic mass is 16.4. The molecule has 0 spiro atoms. The number of aliphatic hydroxyl groups is 1. The minimum Gasteiger partial charge on any atom is -0.438 e. The lowest BCUT2D eigenvalue weighted by Crippen LogP contribution is -2.49. The molecule has 1 aromatic carbocycles. The summed E-state index contributed by atoms with van der Waals surface area (Å²) in [5.41, 5.74) is 0.957. The van der Waals surface area contributed by atoms with Crippen molar-refractivity contribution in [3.05, 3.63) is 42.4 Å². The number of urea groups is 1. The van der Waals surface area contributed by atoms with E-state index in [0.29, 0.717) is 18.1 Å². The first-order valence-corrected chi connectivity index (χ1v) is 8.88. The second-order valence-electron chi connectivity index (χ2n) is 6.46. The Morgan fingerprint density at radius 1 is 1.40 bits per heavy atom. The first-order valence-electron chi connectivity index (χ1n) is 8.88. The standard InChI is InChI=1S/C19H25N3O3/c1-14(18-20-13-17(25-18)15-7-3-2-4-8-15)21-19(24)22-11-6-5-9-16(22)10-12-23/h2-4,7-8,13-14,16,23H,5-6,9-12H2,1H3,(H,21,24). The summed E-state index contributed by atoms with van der Waals surface area (Å²) in [4.78, 5) is 18.7. The number of aromatic nitrogens is 1. The number of hydrogen-bond donors (Lipinski definition) is 2. The molecule has 1 fully saturated rings. The van der Waals surface area contributed by atoms with Gasteiger partial charge in [-0.05, 0) is 32.6 Å². The molecule has 0 bridgehead atoms. The number of hydrogen-bond acceptors (Lipinski definition) is 4. The minimum absolute atomic E-state index is 0.101. The average molecular weight is 343 g/mol. The highest BCUT2D eigenvalue weighted by Crippen LogP contribution is 2.24. The van der Waals surface area contributed by atoms with Crippen molar-refractivity contribution < 1.29 is 14.3 Å². The molecule has 6 nitrogen and oxygen atoms in total. The van der Waals surface area contributed by atoms with Crippen LogP contribution in [0.5, 0.6) is 0 Å². The molecular weight excluding hydrogens is 318 g/mol. The van der Waals surface area contributed by atoms with Gasteiger partial charge in [-0.15, -0.1) is 0 Å². The number of carbonyl (C=O) groups excluding carboxylic acids is 1. The summed E-state index contributed by atoms with van der Waals surface area (Å²) in [5, 5.41) is 12.2. The minimum atomic E-state index is -0.318. The monoisotopic (exact) mass is 343 g/mol. The van der Waals surface area contributed by atoms with Crippen LogP contribution in [-0.4, -0.2) is 40.2 Å². The number of benzene rings is 1. The lowest BCUT2D eigenvalue weighted by atomic mass is 10.00. The maximum absolute atomic E-state index is 12.6. The van der Waals surface area contributed by atoms with Crippen LogP contribution >= 0.6 is 0 Å². The first kappa shape index (κ1) is 17.5. The summed E-state index contributed by atoms with van der Waals surface area (Å²) in [6.45, 7) is 2.69. The highest BCUT2D eigenvalue weighted by Gasteiger charge is 2.28. The van der Waals surface area contributed by atoms with Crippen molar-refractivity contribution >= 4 is 6.03 Å². The third kappa shape index (κ3) is 4.20. The summed E-state index contributed by atoms with van der Waals surface area (Å²) >= 11 is 0. The van der Waals surface area contributed by atoms with Gasteiger partial charge in [0.1, 0.15) is 6.04 Å². The molecule has 2 heterocycles. The molecule has 25 heavy (non-hydrogen) atoms. The predicted octanol–water partition coefficient (Wildman–Crippen LogP) is 3.35. The number of nitrogens with zero attached hydrogens (tertiary/aromatic N) is 2. The van der Waals surface area contributed by atoms with Crippen LogP contribution in [-0.2, 0) is 0 Å². The fourth-order valence-electron chi connectivity index (χ4n) is 3.27. The Morgan fingerprint density at radius 3 is 2.96 bits per heavy atom. The lowest BCUT2D eigenvalue weighted by Gasteiger charge is -2.36. The Labute approximate surface area is 147 Å². The summed E-state index contributed by atoms with van der Waals surface area (Å²) in [7, 11) is 0. The lowest BCUT2D eigenvalue weighted by molar-refractivity contribution is 0.129. The number of nitrogens with one attached hydrogen (secondary N) is 1. The van der Waals surface area contributed by atoms with Crippen LogP contribution in [0.15, 0.2) is 40.9 Å². The molecular formula is C19H25N3O3. The van der Waals surface area contributed by atoms with E-state index < -0.39 is 0 Å². The Hall–Kier alpha value is -2.34. The topological polar surface area (TPSA) is 78.6 Å². The van der Waals surface area contributed by atoms with Gasteiger partial charge in [0.15, 0.2) is 5.76 Å². The highest BCUT2D eigenvalue weighted by molar-refractivity contribution is 5.75. The number of oxazole rings is 1. The van der Waals surface area contributed by atoms with Gasteiger partial charge in [0.05, 0.1) is 6.20 Å². The van der Waals surface area contributed by atoms with Gasteiger partial charge in [0, 0.05) is 24.8 Å². The maximum atomic E-state index is 12.6. The number of likely N-dealkylation sites (tertiary alicyclic amines) is 1. The van der Waals surface area contributed by atoms with Gasteiger partial charge in [0.2, 0.25) is 5.89 Å². The molecule has 6 heteroatoms. The molecule has 0 aliphatic carbocycles. The molecule has 1 aromatic heterocycles. The predicted molar refractivity (Wildman–Crippen MR) is 94.9 cm³/mol. The Balaban J connectivity index is 1.64. The van der Waals surface area contributed by atoms with E-state index in [1.165, 1.54) is 0 Å². The quantitative estimate of drug-likeness (QED) is 0.873. The smallest absolute Gasteiger partial charge is 0.318 e. The zero-order chi connectivity index (χ0) is 17.6. The Morgan fingerprint density at radius 2 is 2.20 bits per heavy atom. The number of amides is 2. The zero-order valence-electron chi connectivity index (χ0n) is 14.5. The number of carbonyl (C=O) groups is 1. The molecule has 2 unspecified atom stereocenters. The molecule has 2 aromatic rings. The van der Waals surface area contributed by atoms with Gasteiger partial charge in [0.25, 0.3) is 0 Å². The van der Waals surface area contributed by atoms with Crippen molar-refractivity contribution in [3.8, 4) is 11.3 Å². The van der Waals surface area contributed by atoms with Crippen molar-refractivity contribution in [1.82, 2.24) is 15.2 Å². The fourth-order valence-corrected chi connectivity index (χ4v) is 3.27. The summed E-state index contributed by atoms with van der Waals surface area (Å²) in [6.07, 6.45) is 5.35. The summed E-state index contributed by atoms with van der Waals surface area (Å²) in [5.74, 6) is 1.18. The molecule has 134 valence electrons. The van der Waals surface area contributed by atoms with E-state index in [0.717, 1.165) is 31.4 Å². The average Bonchev–Trinajstić information content (AvgIpc) is 3.13. The van der Waals surface area contributed by atoms with E-state index in [1.54, 1.807) is 6.20 Å². The van der Waals surface area contributed by atoms with Gasteiger partial charge in [-0.25, -0.2) is 9.78 Å². The number of piperidine rings is 1. The van der Waals surface area contributed by atoms with E-state index in [-0.39, 0.29) is 24.7 Å². The third-order valence-corrected chi connectivity index (χ3v) is 4.64. The zero-order valence-corrected chi connectivity index (χ0v) is 14.5. The van der Waals surface area contributed by atoms with Gasteiger partial charge in [-0.1, -0.05) is 30.3 Å². The van der Waals surface area contributed by atoms with Crippen molar-refractivity contribution in [3.63, 3.8) is 0 Å². The van der Waals surface area contributed by atoms with Gasteiger partial charge in [-0.2, -0.15) is 0 Å². The largest absolute Gasteiger partial charge is 0.438 e. The van der Waals surface area contributed by atoms with Gasteiger partial charge in [-0.3, -0.25) is 0 Å². The van der Waals surface area contributed by atoms with Gasteiger partial charge >= 0.3 is 6.03 Å². The van der Waals surface area contributed by atoms with Crippen LogP contribution in [0.3, 0.4) is 0 Å². The molecule has 1 aliphatic rings. The normalized spacial score (nSPS) is 18.8. The first-order chi connectivity index (χ1) is 12.2. The molecule has 0 radical (unpaired) electrons. The molecule has 1 saturated heterocycles. The van der Waals surface area contributed by atoms with Crippen LogP contribution in [0, 0.1) is 0 Å². The van der Waals surface area contributed by atoms with Crippen molar-refractivity contribution in [2.75, 3.05) is 13.2 Å². The van der Waals surface area contributed by atoms with Crippen molar-refractivity contribution in [2.45, 2.75) is 44.7 Å².